The Morgan fingerprint density at radius 3 is 1.59 bits per heavy atom. The van der Waals surface area contributed by atoms with Crippen LogP contribution in [0.2, 0.25) is 0 Å². The number of ketones is 4. The molecule has 1 heterocycles. The fourth-order valence-corrected chi connectivity index (χ4v) is 7.20. The van der Waals surface area contributed by atoms with Crippen LogP contribution in [-0.4, -0.2) is 55.1 Å². The van der Waals surface area contributed by atoms with Gasteiger partial charge in [-0.1, -0.05) is 72.8 Å². The Balaban J connectivity index is 2.87. The highest BCUT2D eigenvalue weighted by Crippen LogP contribution is 2.63. The average Bonchev–Trinajstić information content (AvgIpc) is 3.10. The van der Waals surface area contributed by atoms with Crippen LogP contribution in [0.4, 0.5) is 0 Å². The lowest BCUT2D eigenvalue weighted by Gasteiger charge is -2.58. The number of unbranched alkanes of at least 4 members (excludes halogenated alkanes) is 5. The monoisotopic (exact) mass is 710 g/mol. The van der Waals surface area contributed by atoms with Crippen LogP contribution in [0.25, 0.3) is 0 Å². The zero-order chi connectivity index (χ0) is 38.0. The van der Waals surface area contributed by atoms with E-state index in [1.807, 2.05) is 34.6 Å². The summed E-state index contributed by atoms with van der Waals surface area (Å²) in [5.41, 5.74) is -9.48. The Morgan fingerprint density at radius 2 is 1.08 bits per heavy atom. The van der Waals surface area contributed by atoms with Crippen molar-refractivity contribution in [2.24, 2.45) is 0 Å². The lowest BCUT2D eigenvalue weighted by Crippen LogP contribution is -2.80. The van der Waals surface area contributed by atoms with E-state index >= 15 is 19.2 Å². The first-order valence-corrected chi connectivity index (χ1v) is 18.4. The molecule has 2 aromatic carbocycles. The van der Waals surface area contributed by atoms with Crippen LogP contribution in [0.5, 0.6) is 28.7 Å². The summed E-state index contributed by atoms with van der Waals surface area (Å²) in [7, 11) is 0. The quantitative estimate of drug-likeness (QED) is 0.0570. The van der Waals surface area contributed by atoms with E-state index in [1.54, 1.807) is 0 Å². The van der Waals surface area contributed by atoms with Gasteiger partial charge in [-0.2, -0.15) is 0 Å². The van der Waals surface area contributed by atoms with Crippen LogP contribution < -0.4 is 4.74 Å². The van der Waals surface area contributed by atoms with Crippen LogP contribution in [0.15, 0.2) is 30.3 Å². The van der Waals surface area contributed by atoms with Crippen LogP contribution in [0.3, 0.4) is 0 Å². The molecule has 0 spiro atoms. The molecule has 11 nitrogen and oxygen atoms in total. The van der Waals surface area contributed by atoms with E-state index in [1.165, 1.54) is 6.07 Å². The number of carbonyl (C=O) groups is 5. The summed E-state index contributed by atoms with van der Waals surface area (Å²) in [6.45, 7) is 9.14. The van der Waals surface area contributed by atoms with E-state index in [2.05, 4.69) is 0 Å². The van der Waals surface area contributed by atoms with Gasteiger partial charge in [0.15, 0.2) is 40.0 Å². The zero-order valence-corrected chi connectivity index (χ0v) is 30.6. The van der Waals surface area contributed by atoms with Crippen molar-refractivity contribution in [3.63, 3.8) is 0 Å². The van der Waals surface area contributed by atoms with Gasteiger partial charge in [0.05, 0.1) is 5.56 Å². The summed E-state index contributed by atoms with van der Waals surface area (Å²) in [4.78, 5) is 75.7. The maximum atomic E-state index is 15.5. The minimum atomic E-state index is -3.08. The van der Waals surface area contributed by atoms with Crippen LogP contribution in [-0.2, 0) is 39.7 Å². The van der Waals surface area contributed by atoms with E-state index in [4.69, 9.17) is 9.47 Å². The van der Waals surface area contributed by atoms with Gasteiger partial charge in [0.25, 0.3) is 0 Å². The Hall–Kier alpha value is -4.41. The molecule has 0 fully saturated rings. The molecule has 0 radical (unpaired) electrons. The predicted octanol–water partition coefficient (Wildman–Crippen LogP) is 7.54. The molecule has 51 heavy (non-hydrogen) atoms. The van der Waals surface area contributed by atoms with Crippen molar-refractivity contribution in [2.45, 2.75) is 148 Å². The molecule has 4 N–H and O–H groups in total. The molecule has 0 saturated heterocycles. The number of fused-ring (bicyclic) bond motifs is 1. The van der Waals surface area contributed by atoms with Gasteiger partial charge in [0.2, 0.25) is 11.2 Å². The highest BCUT2D eigenvalue weighted by molar-refractivity contribution is 6.22. The van der Waals surface area contributed by atoms with Gasteiger partial charge in [-0.3, -0.25) is 24.0 Å². The molecular formula is C40H54O11. The minimum Gasteiger partial charge on any atom is -0.508 e. The summed E-state index contributed by atoms with van der Waals surface area (Å²) in [5.74, 6) is -7.51. The summed E-state index contributed by atoms with van der Waals surface area (Å²) < 4.78 is 13.1. The Labute approximate surface area is 300 Å². The second kappa shape index (κ2) is 17.7. The van der Waals surface area contributed by atoms with Crippen molar-refractivity contribution in [3.8, 4) is 28.7 Å². The van der Waals surface area contributed by atoms with Crippen LogP contribution >= 0.6 is 0 Å². The van der Waals surface area contributed by atoms with E-state index in [9.17, 15) is 25.2 Å². The maximum Gasteiger partial charge on any atom is 0.307 e. The highest BCUT2D eigenvalue weighted by Gasteiger charge is 2.82. The van der Waals surface area contributed by atoms with E-state index in [0.29, 0.717) is 38.5 Å². The molecular weight excluding hydrogens is 656 g/mol. The fourth-order valence-electron chi connectivity index (χ4n) is 7.20. The number of carbonyl (C=O) groups excluding carboxylic acids is 5. The average molecular weight is 711 g/mol. The smallest absolute Gasteiger partial charge is 0.307 e. The number of benzene rings is 2. The molecule has 11 heteroatoms. The molecule has 2 atom stereocenters. The topological polar surface area (TPSA) is 185 Å². The Bertz CT molecular complexity index is 1570. The number of ether oxygens (including phenoxy) is 2. The molecule has 1 aliphatic heterocycles. The van der Waals surface area contributed by atoms with E-state index in [0.717, 1.165) is 24.3 Å². The summed E-state index contributed by atoms with van der Waals surface area (Å²) in [6.07, 6.45) is 2.31. The third-order valence-electron chi connectivity index (χ3n) is 9.76. The molecule has 3 rings (SSSR count). The van der Waals surface area contributed by atoms with Gasteiger partial charge in [-0.25, -0.2) is 0 Å². The van der Waals surface area contributed by atoms with Gasteiger partial charge in [0.1, 0.15) is 17.2 Å². The normalized spacial score (nSPS) is 19.1. The second-order valence-electron chi connectivity index (χ2n) is 13.4. The summed E-state index contributed by atoms with van der Waals surface area (Å²) in [6, 6.07) is 5.23. The van der Waals surface area contributed by atoms with E-state index < -0.39 is 80.0 Å². The zero-order valence-electron chi connectivity index (χ0n) is 30.6. The number of phenols is 4. The molecule has 1 aliphatic rings. The van der Waals surface area contributed by atoms with Gasteiger partial charge in [-0.05, 0) is 44.2 Å². The van der Waals surface area contributed by atoms with Gasteiger partial charge < -0.3 is 29.9 Å². The minimum absolute atomic E-state index is 0.212. The van der Waals surface area contributed by atoms with Crippen molar-refractivity contribution in [3.05, 3.63) is 41.5 Å². The molecule has 0 aliphatic carbocycles. The first kappa shape index (κ1) is 41.0. The molecule has 0 bridgehead atoms. The van der Waals surface area contributed by atoms with Crippen LogP contribution in [0.1, 0.15) is 142 Å². The second-order valence-corrected chi connectivity index (χ2v) is 13.4. The molecule has 0 aromatic heterocycles. The third-order valence-corrected chi connectivity index (χ3v) is 9.76. The SMILES string of the molecule is CCCCC(=O)OC1(C(=O)CCCC)C(C(=O)CCCC)(c2ccc(O)c(O)c2)Oc2cc(O)cc(O)c2C1(C(=O)CCCC)C(=O)CCCC. The number of phenolic OH excluding ortho intramolecular Hbond substituents is 4. The largest absolute Gasteiger partial charge is 0.508 e. The van der Waals surface area contributed by atoms with Gasteiger partial charge in [-0.15, -0.1) is 0 Å². The Morgan fingerprint density at radius 1 is 0.588 bits per heavy atom. The first-order chi connectivity index (χ1) is 24.3. The number of aromatic hydroxyl groups is 4. The van der Waals surface area contributed by atoms with Gasteiger partial charge >= 0.3 is 5.97 Å². The van der Waals surface area contributed by atoms with Crippen LogP contribution in [0, 0.1) is 0 Å². The molecule has 2 aromatic rings. The third kappa shape index (κ3) is 7.35. The number of hydrogen-bond donors (Lipinski definition) is 4. The standard InChI is InChI=1S/C40H54O11/c1-6-11-16-32(45)38(33(46)17-12-7-2)37-30(44)24-27(41)25-31(37)50-39(34(47)18-13-8-3,26-21-22-28(42)29(43)23-26)40(38,35(48)19-14-9-4)51-36(49)20-15-10-5/h21-25,41-44H,6-20H2,1-5H3. The van der Waals surface area contributed by atoms with Crippen molar-refractivity contribution in [2.75, 3.05) is 0 Å². The van der Waals surface area contributed by atoms with Crippen molar-refractivity contribution >= 4 is 29.1 Å². The van der Waals surface area contributed by atoms with Gasteiger partial charge in [0, 0.05) is 49.8 Å². The summed E-state index contributed by atoms with van der Waals surface area (Å²) in [5, 5.41) is 43.8. The number of Topliss-reactive ketones (excluding diaryl/α,β-unsaturated/α-hetero) is 4. The molecule has 0 amide bonds. The Kier molecular flexibility index (Phi) is 14.2. The van der Waals surface area contributed by atoms with Crippen molar-refractivity contribution < 1.29 is 53.9 Å². The fraction of sp³-hybridized carbons (Fsp3) is 0.575. The van der Waals surface area contributed by atoms with Crippen molar-refractivity contribution in [1.29, 1.82) is 0 Å². The highest BCUT2D eigenvalue weighted by atomic mass is 16.6. The number of esters is 1. The maximum absolute atomic E-state index is 15.5. The summed E-state index contributed by atoms with van der Waals surface area (Å²) >= 11 is 0. The lowest BCUT2D eigenvalue weighted by atomic mass is 9.49. The van der Waals surface area contributed by atoms with E-state index in [-0.39, 0.29) is 63.4 Å². The lowest BCUT2D eigenvalue weighted by molar-refractivity contribution is -0.221. The molecule has 2 unspecified atom stereocenters. The number of rotatable bonds is 21. The molecule has 280 valence electrons. The number of hydrogen-bond acceptors (Lipinski definition) is 11. The van der Waals surface area contributed by atoms with Crippen molar-refractivity contribution in [1.82, 2.24) is 0 Å². The predicted molar refractivity (Wildman–Crippen MR) is 190 cm³/mol. The first-order valence-electron chi connectivity index (χ1n) is 18.4. The molecule has 0 saturated carbocycles.